The minimum atomic E-state index is 0.842. The molecule has 0 saturated carbocycles. The third kappa shape index (κ3) is 3.09. The van der Waals surface area contributed by atoms with Gasteiger partial charge in [0.1, 0.15) is 0 Å². The highest BCUT2D eigenvalue weighted by atomic mass is 79.9. The van der Waals surface area contributed by atoms with Gasteiger partial charge in [-0.15, -0.1) is 11.8 Å². The van der Waals surface area contributed by atoms with Crippen molar-refractivity contribution in [3.63, 3.8) is 0 Å². The van der Waals surface area contributed by atoms with E-state index >= 15 is 0 Å². The Morgan fingerprint density at radius 3 is 2.44 bits per heavy atom. The van der Waals surface area contributed by atoms with E-state index in [-0.39, 0.29) is 0 Å². The molecule has 0 aliphatic carbocycles. The standard InChI is InChI=1S/C15H16BrNS/c1-10-4-3-5-11(2)13(10)9-18-15-8-12(16)6-7-14(15)17/h3-8H,9,17H2,1-2H3. The quantitative estimate of drug-likeness (QED) is 0.640. The molecule has 18 heavy (non-hydrogen) atoms. The lowest BCUT2D eigenvalue weighted by Crippen LogP contribution is -1.93. The van der Waals surface area contributed by atoms with Gasteiger partial charge in [0.05, 0.1) is 0 Å². The molecule has 0 radical (unpaired) electrons. The fourth-order valence-electron chi connectivity index (χ4n) is 1.86. The van der Waals surface area contributed by atoms with Crippen molar-refractivity contribution in [1.82, 2.24) is 0 Å². The van der Waals surface area contributed by atoms with E-state index in [0.717, 1.165) is 20.8 Å². The highest BCUT2D eigenvalue weighted by Crippen LogP contribution is 2.32. The van der Waals surface area contributed by atoms with Crippen LogP contribution in [0.25, 0.3) is 0 Å². The Kier molecular flexibility index (Phi) is 4.36. The molecule has 0 amide bonds. The SMILES string of the molecule is Cc1cccc(C)c1CSc1cc(Br)ccc1N. The summed E-state index contributed by atoms with van der Waals surface area (Å²) < 4.78 is 1.07. The summed E-state index contributed by atoms with van der Waals surface area (Å²) in [6.45, 7) is 4.32. The summed E-state index contributed by atoms with van der Waals surface area (Å²) in [6, 6.07) is 12.4. The topological polar surface area (TPSA) is 26.0 Å². The summed E-state index contributed by atoms with van der Waals surface area (Å²) in [5, 5.41) is 0. The lowest BCUT2D eigenvalue weighted by molar-refractivity contribution is 1.24. The van der Waals surface area contributed by atoms with Crippen LogP contribution in [0, 0.1) is 13.8 Å². The number of thioether (sulfide) groups is 1. The first-order valence-corrected chi connectivity index (χ1v) is 7.58. The summed E-state index contributed by atoms with van der Waals surface area (Å²) in [7, 11) is 0. The molecule has 0 saturated heterocycles. The molecular weight excluding hydrogens is 306 g/mol. The van der Waals surface area contributed by atoms with Gasteiger partial charge in [-0.1, -0.05) is 34.1 Å². The number of aryl methyl sites for hydroxylation is 2. The van der Waals surface area contributed by atoms with E-state index in [1.54, 1.807) is 11.8 Å². The first-order valence-electron chi connectivity index (χ1n) is 5.81. The minimum Gasteiger partial charge on any atom is -0.398 e. The molecule has 0 aromatic heterocycles. The van der Waals surface area contributed by atoms with Gasteiger partial charge >= 0.3 is 0 Å². The molecule has 2 rings (SSSR count). The maximum atomic E-state index is 5.99. The number of rotatable bonds is 3. The third-order valence-electron chi connectivity index (χ3n) is 2.99. The van der Waals surface area contributed by atoms with Crippen molar-refractivity contribution in [1.29, 1.82) is 0 Å². The Hall–Kier alpha value is -0.930. The van der Waals surface area contributed by atoms with Gasteiger partial charge in [-0.2, -0.15) is 0 Å². The highest BCUT2D eigenvalue weighted by Gasteiger charge is 2.05. The molecule has 0 aliphatic heterocycles. The van der Waals surface area contributed by atoms with Crippen LogP contribution >= 0.6 is 27.7 Å². The maximum Gasteiger partial charge on any atom is 0.0453 e. The number of nitrogen functional groups attached to an aromatic ring is 1. The van der Waals surface area contributed by atoms with Crippen LogP contribution < -0.4 is 5.73 Å². The molecule has 2 aromatic rings. The molecule has 0 atom stereocenters. The van der Waals surface area contributed by atoms with Crippen LogP contribution in [-0.4, -0.2) is 0 Å². The summed E-state index contributed by atoms with van der Waals surface area (Å²) >= 11 is 5.27. The zero-order valence-corrected chi connectivity index (χ0v) is 12.9. The maximum absolute atomic E-state index is 5.99. The van der Waals surface area contributed by atoms with Crippen LogP contribution in [0.5, 0.6) is 0 Å². The van der Waals surface area contributed by atoms with E-state index < -0.39 is 0 Å². The number of hydrogen-bond donors (Lipinski definition) is 1. The molecule has 2 N–H and O–H groups in total. The van der Waals surface area contributed by atoms with Crippen molar-refractivity contribution in [2.45, 2.75) is 24.5 Å². The zero-order chi connectivity index (χ0) is 13.1. The van der Waals surface area contributed by atoms with Gasteiger partial charge in [0.2, 0.25) is 0 Å². The number of hydrogen-bond acceptors (Lipinski definition) is 2. The van der Waals surface area contributed by atoms with Gasteiger partial charge in [0.15, 0.2) is 0 Å². The zero-order valence-electron chi connectivity index (χ0n) is 10.5. The largest absolute Gasteiger partial charge is 0.398 e. The van der Waals surface area contributed by atoms with Gasteiger partial charge in [0, 0.05) is 20.8 Å². The van der Waals surface area contributed by atoms with Crippen LogP contribution in [-0.2, 0) is 5.75 Å². The second-order valence-electron chi connectivity index (χ2n) is 4.34. The number of halogens is 1. The number of benzene rings is 2. The van der Waals surface area contributed by atoms with Crippen LogP contribution in [0.4, 0.5) is 5.69 Å². The molecule has 0 unspecified atom stereocenters. The van der Waals surface area contributed by atoms with Crippen LogP contribution in [0.15, 0.2) is 45.8 Å². The summed E-state index contributed by atoms with van der Waals surface area (Å²) in [6.07, 6.45) is 0. The molecule has 0 spiro atoms. The third-order valence-corrected chi connectivity index (χ3v) is 4.58. The molecule has 94 valence electrons. The van der Waals surface area contributed by atoms with Gasteiger partial charge in [-0.3, -0.25) is 0 Å². The second kappa shape index (κ2) is 5.81. The van der Waals surface area contributed by atoms with E-state index in [1.807, 2.05) is 12.1 Å². The summed E-state index contributed by atoms with van der Waals surface area (Å²) in [5.74, 6) is 0.957. The first kappa shape index (κ1) is 13.5. The lowest BCUT2D eigenvalue weighted by Gasteiger charge is -2.10. The summed E-state index contributed by atoms with van der Waals surface area (Å²) in [4.78, 5) is 1.13. The molecule has 0 fully saturated rings. The van der Waals surface area contributed by atoms with Crippen molar-refractivity contribution in [2.24, 2.45) is 0 Å². The van der Waals surface area contributed by atoms with E-state index in [2.05, 4.69) is 54.0 Å². The average molecular weight is 322 g/mol. The van der Waals surface area contributed by atoms with Crippen LogP contribution in [0.1, 0.15) is 16.7 Å². The molecule has 2 aromatic carbocycles. The monoisotopic (exact) mass is 321 g/mol. The molecule has 0 aliphatic rings. The number of anilines is 1. The van der Waals surface area contributed by atoms with Crippen molar-refractivity contribution in [3.05, 3.63) is 57.6 Å². The average Bonchev–Trinajstić information content (AvgIpc) is 2.33. The molecule has 1 nitrogen and oxygen atoms in total. The Morgan fingerprint density at radius 2 is 1.78 bits per heavy atom. The smallest absolute Gasteiger partial charge is 0.0453 e. The molecule has 3 heteroatoms. The molecule has 0 heterocycles. The van der Waals surface area contributed by atoms with E-state index in [0.29, 0.717) is 0 Å². The van der Waals surface area contributed by atoms with Crippen LogP contribution in [0.2, 0.25) is 0 Å². The molecule has 0 bridgehead atoms. The minimum absolute atomic E-state index is 0.842. The van der Waals surface area contributed by atoms with Crippen molar-refractivity contribution in [3.8, 4) is 0 Å². The summed E-state index contributed by atoms with van der Waals surface area (Å²) in [5.41, 5.74) is 10.9. The highest BCUT2D eigenvalue weighted by molar-refractivity contribution is 9.10. The van der Waals surface area contributed by atoms with E-state index in [9.17, 15) is 0 Å². The fraction of sp³-hybridized carbons (Fsp3) is 0.200. The second-order valence-corrected chi connectivity index (χ2v) is 6.27. The Balaban J connectivity index is 2.19. The van der Waals surface area contributed by atoms with Gasteiger partial charge < -0.3 is 5.73 Å². The fourth-order valence-corrected chi connectivity index (χ4v) is 3.57. The van der Waals surface area contributed by atoms with Gasteiger partial charge in [0.25, 0.3) is 0 Å². The van der Waals surface area contributed by atoms with Gasteiger partial charge in [-0.05, 0) is 48.7 Å². The van der Waals surface area contributed by atoms with E-state index in [1.165, 1.54) is 16.7 Å². The van der Waals surface area contributed by atoms with Crippen molar-refractivity contribution in [2.75, 3.05) is 5.73 Å². The number of nitrogens with two attached hydrogens (primary N) is 1. The van der Waals surface area contributed by atoms with Crippen molar-refractivity contribution >= 4 is 33.4 Å². The lowest BCUT2D eigenvalue weighted by atomic mass is 10.1. The Labute approximate surface area is 121 Å². The predicted molar refractivity (Wildman–Crippen MR) is 84.0 cm³/mol. The normalized spacial score (nSPS) is 10.6. The van der Waals surface area contributed by atoms with E-state index in [4.69, 9.17) is 5.73 Å². The Bertz CT molecular complexity index is 546. The van der Waals surface area contributed by atoms with Crippen LogP contribution in [0.3, 0.4) is 0 Å². The molecular formula is C15H16BrNS. The first-order chi connectivity index (χ1) is 8.58. The predicted octanol–water partition coefficient (Wildman–Crippen LogP) is 4.94. The van der Waals surface area contributed by atoms with Crippen molar-refractivity contribution < 1.29 is 0 Å². The Morgan fingerprint density at radius 1 is 1.11 bits per heavy atom. The van der Waals surface area contributed by atoms with Gasteiger partial charge in [-0.25, -0.2) is 0 Å².